The molecule has 8 heteroatoms. The summed E-state index contributed by atoms with van der Waals surface area (Å²) in [6, 6.07) is 0. The minimum Gasteiger partial charge on any atom is -0.375 e. The molecule has 0 aliphatic carbocycles. The summed E-state index contributed by atoms with van der Waals surface area (Å²) in [5.41, 5.74) is 6.72. The Bertz CT molecular complexity index is 546. The number of thiazole rings is 2. The first-order valence-electron chi connectivity index (χ1n) is 6.53. The highest BCUT2D eigenvalue weighted by Gasteiger charge is 2.12. The summed E-state index contributed by atoms with van der Waals surface area (Å²) < 4.78 is 5.56. The summed E-state index contributed by atoms with van der Waals surface area (Å²) in [4.78, 5) is 12.1. The van der Waals surface area contributed by atoms with Crippen molar-refractivity contribution in [2.24, 2.45) is 0 Å². The van der Waals surface area contributed by atoms with E-state index in [1.807, 2.05) is 20.0 Å². The second-order valence-electron chi connectivity index (χ2n) is 4.61. The summed E-state index contributed by atoms with van der Waals surface area (Å²) in [6.07, 6.45) is 1.91. The number of nitrogens with two attached hydrogens (primary N) is 1. The second-order valence-corrected chi connectivity index (χ2v) is 6.65. The number of nitrogens with zero attached hydrogens (tertiary/aromatic N) is 3. The van der Waals surface area contributed by atoms with Gasteiger partial charge in [-0.1, -0.05) is 0 Å². The third kappa shape index (κ3) is 5.52. The molecule has 0 aliphatic heterocycles. The Hall–Kier alpha value is -0.730. The van der Waals surface area contributed by atoms with Crippen LogP contribution in [0.5, 0.6) is 0 Å². The lowest BCUT2D eigenvalue weighted by molar-refractivity contribution is 0.0760. The Labute approximate surface area is 139 Å². The van der Waals surface area contributed by atoms with Crippen molar-refractivity contribution < 1.29 is 4.74 Å². The zero-order valence-electron chi connectivity index (χ0n) is 12.4. The van der Waals surface area contributed by atoms with Crippen molar-refractivity contribution in [2.45, 2.75) is 33.0 Å². The van der Waals surface area contributed by atoms with Gasteiger partial charge in [0, 0.05) is 36.2 Å². The third-order valence-electron chi connectivity index (χ3n) is 2.76. The normalized spacial score (nSPS) is 12.4. The number of hydrogen-bond acceptors (Lipinski definition) is 7. The highest BCUT2D eigenvalue weighted by molar-refractivity contribution is 7.15. The molecule has 0 aliphatic rings. The first-order chi connectivity index (χ1) is 9.58. The standard InChI is InChI=1S/C13H20N4OS2.ClH/c1-4-18-9(2)12-16-10(8-19-12)6-17(3)7-11-5-15-13(14)20-11;/h5,8-9H,4,6-7H2,1-3H3,(H2,14,15);1H. The van der Waals surface area contributed by atoms with Gasteiger partial charge >= 0.3 is 0 Å². The van der Waals surface area contributed by atoms with Gasteiger partial charge in [-0.15, -0.1) is 35.1 Å². The van der Waals surface area contributed by atoms with Crippen LogP contribution in [0.2, 0.25) is 0 Å². The molecule has 2 aromatic heterocycles. The maximum atomic E-state index is 5.64. The van der Waals surface area contributed by atoms with Crippen molar-refractivity contribution in [2.75, 3.05) is 19.4 Å². The second kappa shape index (κ2) is 8.65. The minimum atomic E-state index is 0. The molecule has 1 unspecified atom stereocenters. The lowest BCUT2D eigenvalue weighted by Crippen LogP contribution is -2.16. The quantitative estimate of drug-likeness (QED) is 0.831. The third-order valence-corrected chi connectivity index (χ3v) is 4.63. The summed E-state index contributed by atoms with van der Waals surface area (Å²) >= 11 is 3.19. The van der Waals surface area contributed by atoms with Crippen LogP contribution in [0.25, 0.3) is 0 Å². The molecule has 21 heavy (non-hydrogen) atoms. The van der Waals surface area contributed by atoms with E-state index >= 15 is 0 Å². The van der Waals surface area contributed by atoms with E-state index < -0.39 is 0 Å². The highest BCUT2D eigenvalue weighted by atomic mass is 35.5. The van der Waals surface area contributed by atoms with Crippen LogP contribution in [0.3, 0.4) is 0 Å². The SMILES string of the molecule is CCOC(C)c1nc(CN(C)Cc2cnc(N)s2)cs1.Cl. The van der Waals surface area contributed by atoms with Crippen LogP contribution >= 0.6 is 35.1 Å². The molecule has 0 saturated carbocycles. The molecule has 0 saturated heterocycles. The molecule has 2 rings (SSSR count). The fourth-order valence-electron chi connectivity index (χ4n) is 1.90. The van der Waals surface area contributed by atoms with Crippen LogP contribution in [0.4, 0.5) is 5.13 Å². The van der Waals surface area contributed by atoms with E-state index in [1.165, 1.54) is 16.2 Å². The number of hydrogen-bond donors (Lipinski definition) is 1. The molecular weight excluding hydrogens is 328 g/mol. The van der Waals surface area contributed by atoms with E-state index in [0.717, 1.165) is 23.8 Å². The van der Waals surface area contributed by atoms with Gasteiger partial charge in [-0.05, 0) is 20.9 Å². The summed E-state index contributed by atoms with van der Waals surface area (Å²) in [5.74, 6) is 0. The number of aromatic nitrogens is 2. The Morgan fingerprint density at radius 3 is 2.81 bits per heavy atom. The van der Waals surface area contributed by atoms with Crippen LogP contribution in [0.1, 0.15) is 35.5 Å². The van der Waals surface area contributed by atoms with Gasteiger partial charge in [0.25, 0.3) is 0 Å². The van der Waals surface area contributed by atoms with Gasteiger partial charge in [0.15, 0.2) is 5.13 Å². The molecule has 2 N–H and O–H groups in total. The van der Waals surface area contributed by atoms with Crippen molar-refractivity contribution >= 4 is 40.2 Å². The van der Waals surface area contributed by atoms with Crippen molar-refractivity contribution in [3.63, 3.8) is 0 Å². The molecule has 0 amide bonds. The molecule has 0 aromatic carbocycles. The minimum absolute atomic E-state index is 0. The van der Waals surface area contributed by atoms with Gasteiger partial charge in [-0.25, -0.2) is 9.97 Å². The number of nitrogen functional groups attached to an aromatic ring is 1. The van der Waals surface area contributed by atoms with E-state index in [9.17, 15) is 0 Å². The molecule has 2 aromatic rings. The maximum Gasteiger partial charge on any atom is 0.180 e. The monoisotopic (exact) mass is 348 g/mol. The van der Waals surface area contributed by atoms with Crippen molar-refractivity contribution in [1.29, 1.82) is 0 Å². The van der Waals surface area contributed by atoms with Gasteiger partial charge in [0.1, 0.15) is 11.1 Å². The van der Waals surface area contributed by atoms with E-state index in [0.29, 0.717) is 11.7 Å². The number of halogens is 1. The van der Waals surface area contributed by atoms with Crippen LogP contribution in [-0.4, -0.2) is 28.5 Å². The Kier molecular flexibility index (Phi) is 7.55. The van der Waals surface area contributed by atoms with Crippen LogP contribution in [0.15, 0.2) is 11.6 Å². The average molecular weight is 349 g/mol. The van der Waals surface area contributed by atoms with Crippen molar-refractivity contribution in [3.8, 4) is 0 Å². The fourth-order valence-corrected chi connectivity index (χ4v) is 3.48. The van der Waals surface area contributed by atoms with E-state index in [2.05, 4.69) is 27.3 Å². The largest absolute Gasteiger partial charge is 0.375 e. The van der Waals surface area contributed by atoms with Gasteiger partial charge in [0.2, 0.25) is 0 Å². The van der Waals surface area contributed by atoms with Gasteiger partial charge in [-0.2, -0.15) is 0 Å². The fraction of sp³-hybridized carbons (Fsp3) is 0.538. The van der Waals surface area contributed by atoms with E-state index in [4.69, 9.17) is 10.5 Å². The predicted octanol–water partition coefficient (Wildman–Crippen LogP) is 3.33. The molecule has 118 valence electrons. The number of anilines is 1. The first kappa shape index (κ1) is 18.3. The van der Waals surface area contributed by atoms with E-state index in [1.54, 1.807) is 11.3 Å². The van der Waals surface area contributed by atoms with E-state index in [-0.39, 0.29) is 18.5 Å². The Morgan fingerprint density at radius 2 is 2.19 bits per heavy atom. The summed E-state index contributed by atoms with van der Waals surface area (Å²) in [7, 11) is 2.07. The smallest absolute Gasteiger partial charge is 0.180 e. The summed E-state index contributed by atoms with van der Waals surface area (Å²) in [5, 5.41) is 3.76. The average Bonchev–Trinajstić information content (AvgIpc) is 2.99. The molecule has 1 atom stereocenters. The van der Waals surface area contributed by atoms with Crippen LogP contribution < -0.4 is 5.73 Å². The van der Waals surface area contributed by atoms with Crippen LogP contribution in [-0.2, 0) is 17.8 Å². The lowest BCUT2D eigenvalue weighted by Gasteiger charge is -2.13. The van der Waals surface area contributed by atoms with Gasteiger partial charge in [0.05, 0.1) is 5.69 Å². The van der Waals surface area contributed by atoms with Crippen molar-refractivity contribution in [1.82, 2.24) is 14.9 Å². The topological polar surface area (TPSA) is 64.3 Å². The first-order valence-corrected chi connectivity index (χ1v) is 8.22. The van der Waals surface area contributed by atoms with Gasteiger partial charge < -0.3 is 10.5 Å². The lowest BCUT2D eigenvalue weighted by atomic mass is 10.4. The molecule has 0 spiro atoms. The Morgan fingerprint density at radius 1 is 1.43 bits per heavy atom. The zero-order valence-corrected chi connectivity index (χ0v) is 14.9. The maximum absolute atomic E-state index is 5.64. The van der Waals surface area contributed by atoms with Gasteiger partial charge in [-0.3, -0.25) is 4.90 Å². The Balaban J connectivity index is 0.00000220. The molecule has 0 fully saturated rings. The molecule has 0 radical (unpaired) electrons. The molecular formula is C13H21ClN4OS2. The van der Waals surface area contributed by atoms with Crippen molar-refractivity contribution in [3.05, 3.63) is 27.2 Å². The molecule has 0 bridgehead atoms. The summed E-state index contributed by atoms with van der Waals surface area (Å²) in [6.45, 7) is 6.40. The number of ether oxygens (including phenoxy) is 1. The highest BCUT2D eigenvalue weighted by Crippen LogP contribution is 2.22. The number of rotatable bonds is 7. The molecule has 5 nitrogen and oxygen atoms in total. The zero-order chi connectivity index (χ0) is 14.5. The molecule has 2 heterocycles. The van der Waals surface area contributed by atoms with Crippen LogP contribution in [0, 0.1) is 0 Å². The predicted molar refractivity (Wildman–Crippen MR) is 91.1 cm³/mol.